The zero-order chi connectivity index (χ0) is 11.4. The number of anilines is 1. The molecule has 0 radical (unpaired) electrons. The van der Waals surface area contributed by atoms with E-state index in [0.29, 0.717) is 6.61 Å². The summed E-state index contributed by atoms with van der Waals surface area (Å²) in [5, 5.41) is 2.92. The van der Waals surface area contributed by atoms with E-state index in [1.165, 1.54) is 0 Å². The number of rotatable bonds is 5. The molecule has 2 rings (SSSR count). The Morgan fingerprint density at radius 1 is 1.44 bits per heavy atom. The molecule has 1 amide bonds. The fourth-order valence-corrected chi connectivity index (χ4v) is 1.49. The third kappa shape index (κ3) is 2.75. The molecule has 0 aromatic heterocycles. The smallest absolute Gasteiger partial charge is 0.227 e. The first-order chi connectivity index (χ1) is 7.81. The lowest BCUT2D eigenvalue weighted by Gasteiger charge is -2.11. The van der Waals surface area contributed by atoms with Crippen molar-refractivity contribution in [2.24, 2.45) is 5.92 Å². The van der Waals surface area contributed by atoms with Crippen LogP contribution in [0.3, 0.4) is 0 Å². The Morgan fingerprint density at radius 3 is 2.88 bits per heavy atom. The highest BCUT2D eigenvalue weighted by Crippen LogP contribution is 2.32. The normalized spacial score (nSPS) is 14.6. The highest BCUT2D eigenvalue weighted by atomic mass is 16.5. The number of hydrogen-bond donors (Lipinski definition) is 1. The predicted octanol–water partition coefficient (Wildman–Crippen LogP) is 2.82. The Kier molecular flexibility index (Phi) is 3.44. The van der Waals surface area contributed by atoms with E-state index in [9.17, 15) is 4.79 Å². The van der Waals surface area contributed by atoms with Gasteiger partial charge in [0, 0.05) is 5.92 Å². The first-order valence-electron chi connectivity index (χ1n) is 5.84. The Hall–Kier alpha value is -1.51. The van der Waals surface area contributed by atoms with Crippen LogP contribution in [-0.4, -0.2) is 12.5 Å². The Bertz CT molecular complexity index is 372. The van der Waals surface area contributed by atoms with Gasteiger partial charge < -0.3 is 10.1 Å². The maximum atomic E-state index is 11.6. The van der Waals surface area contributed by atoms with Crippen LogP contribution in [0.4, 0.5) is 5.69 Å². The summed E-state index contributed by atoms with van der Waals surface area (Å²) in [5.74, 6) is 1.10. The first kappa shape index (κ1) is 11.0. The van der Waals surface area contributed by atoms with Crippen molar-refractivity contribution in [3.63, 3.8) is 0 Å². The van der Waals surface area contributed by atoms with Gasteiger partial charge >= 0.3 is 0 Å². The molecule has 3 nitrogen and oxygen atoms in total. The molecule has 0 bridgehead atoms. The van der Waals surface area contributed by atoms with Crippen molar-refractivity contribution < 1.29 is 9.53 Å². The van der Waals surface area contributed by atoms with Gasteiger partial charge in [0.2, 0.25) is 5.91 Å². The lowest BCUT2D eigenvalue weighted by molar-refractivity contribution is -0.117. The standard InChI is InChI=1S/C13H17NO2/c1-2-9-16-12-6-4-3-5-11(12)14-13(15)10-7-8-10/h3-6,10H,2,7-9H2,1H3,(H,14,15). The van der Waals surface area contributed by atoms with Gasteiger partial charge in [-0.25, -0.2) is 0 Å². The van der Waals surface area contributed by atoms with Crippen LogP contribution in [0, 0.1) is 5.92 Å². The van der Waals surface area contributed by atoms with E-state index in [1.54, 1.807) is 0 Å². The highest BCUT2D eigenvalue weighted by molar-refractivity contribution is 5.95. The van der Waals surface area contributed by atoms with Crippen LogP contribution < -0.4 is 10.1 Å². The number of amides is 1. The summed E-state index contributed by atoms with van der Waals surface area (Å²) in [6.07, 6.45) is 3.00. The van der Waals surface area contributed by atoms with Gasteiger partial charge in [-0.15, -0.1) is 0 Å². The molecular formula is C13H17NO2. The summed E-state index contributed by atoms with van der Waals surface area (Å²) >= 11 is 0. The number of hydrogen-bond acceptors (Lipinski definition) is 2. The van der Waals surface area contributed by atoms with Crippen molar-refractivity contribution in [1.29, 1.82) is 0 Å². The molecule has 16 heavy (non-hydrogen) atoms. The molecule has 0 unspecified atom stereocenters. The average molecular weight is 219 g/mol. The van der Waals surface area contributed by atoms with Crippen LogP contribution in [0.2, 0.25) is 0 Å². The second-order valence-electron chi connectivity index (χ2n) is 4.11. The van der Waals surface area contributed by atoms with Crippen LogP contribution in [0.25, 0.3) is 0 Å². The SMILES string of the molecule is CCCOc1ccccc1NC(=O)C1CC1. The Morgan fingerprint density at radius 2 is 2.19 bits per heavy atom. The summed E-state index contributed by atoms with van der Waals surface area (Å²) in [7, 11) is 0. The fraction of sp³-hybridized carbons (Fsp3) is 0.462. The van der Waals surface area contributed by atoms with E-state index in [4.69, 9.17) is 4.74 Å². The second kappa shape index (κ2) is 5.01. The number of para-hydroxylation sites is 2. The van der Waals surface area contributed by atoms with Gasteiger partial charge in [-0.3, -0.25) is 4.79 Å². The van der Waals surface area contributed by atoms with Crippen molar-refractivity contribution >= 4 is 11.6 Å². The molecular weight excluding hydrogens is 202 g/mol. The predicted molar refractivity (Wildman–Crippen MR) is 63.6 cm³/mol. The van der Waals surface area contributed by atoms with Gasteiger partial charge in [-0.05, 0) is 31.4 Å². The summed E-state index contributed by atoms with van der Waals surface area (Å²) in [6, 6.07) is 7.59. The van der Waals surface area contributed by atoms with Crippen molar-refractivity contribution in [1.82, 2.24) is 0 Å². The van der Waals surface area contributed by atoms with Crippen molar-refractivity contribution in [3.05, 3.63) is 24.3 Å². The molecule has 0 heterocycles. The number of carbonyl (C=O) groups excluding carboxylic acids is 1. The van der Waals surface area contributed by atoms with E-state index in [2.05, 4.69) is 12.2 Å². The fourth-order valence-electron chi connectivity index (χ4n) is 1.49. The highest BCUT2D eigenvalue weighted by Gasteiger charge is 2.29. The number of carbonyl (C=O) groups is 1. The summed E-state index contributed by atoms with van der Waals surface area (Å²) in [4.78, 5) is 11.6. The largest absolute Gasteiger partial charge is 0.491 e. The molecule has 86 valence electrons. The quantitative estimate of drug-likeness (QED) is 0.827. The molecule has 0 aliphatic heterocycles. The number of ether oxygens (including phenoxy) is 1. The van der Waals surface area contributed by atoms with Crippen molar-refractivity contribution in [2.75, 3.05) is 11.9 Å². The van der Waals surface area contributed by atoms with E-state index in [-0.39, 0.29) is 11.8 Å². The van der Waals surface area contributed by atoms with Crippen LogP contribution in [0.1, 0.15) is 26.2 Å². The molecule has 1 fully saturated rings. The third-order valence-corrected chi connectivity index (χ3v) is 2.55. The average Bonchev–Trinajstić information content (AvgIpc) is 3.11. The minimum Gasteiger partial charge on any atom is -0.491 e. The molecule has 1 aromatic carbocycles. The Balaban J connectivity index is 2.02. The zero-order valence-corrected chi connectivity index (χ0v) is 9.53. The van der Waals surface area contributed by atoms with Crippen LogP contribution >= 0.6 is 0 Å². The van der Waals surface area contributed by atoms with Gasteiger partial charge in [-0.2, -0.15) is 0 Å². The topological polar surface area (TPSA) is 38.3 Å². The molecule has 1 N–H and O–H groups in total. The van der Waals surface area contributed by atoms with Crippen LogP contribution in [0.5, 0.6) is 5.75 Å². The van der Waals surface area contributed by atoms with Crippen LogP contribution in [-0.2, 0) is 4.79 Å². The monoisotopic (exact) mass is 219 g/mol. The number of benzene rings is 1. The maximum Gasteiger partial charge on any atom is 0.227 e. The van der Waals surface area contributed by atoms with E-state index in [1.807, 2.05) is 24.3 Å². The van der Waals surface area contributed by atoms with Crippen molar-refractivity contribution in [3.8, 4) is 5.75 Å². The second-order valence-corrected chi connectivity index (χ2v) is 4.11. The van der Waals surface area contributed by atoms with Gasteiger partial charge in [0.05, 0.1) is 12.3 Å². The van der Waals surface area contributed by atoms with E-state index < -0.39 is 0 Å². The van der Waals surface area contributed by atoms with Gasteiger partial charge in [0.15, 0.2) is 0 Å². The molecule has 0 atom stereocenters. The molecule has 1 aromatic rings. The third-order valence-electron chi connectivity index (χ3n) is 2.55. The van der Waals surface area contributed by atoms with Gasteiger partial charge in [-0.1, -0.05) is 19.1 Å². The summed E-state index contributed by atoms with van der Waals surface area (Å²) in [6.45, 7) is 2.74. The van der Waals surface area contributed by atoms with E-state index in [0.717, 1.165) is 30.7 Å². The summed E-state index contributed by atoms with van der Waals surface area (Å²) < 4.78 is 5.57. The Labute approximate surface area is 95.8 Å². The van der Waals surface area contributed by atoms with E-state index >= 15 is 0 Å². The maximum absolute atomic E-state index is 11.6. The van der Waals surface area contributed by atoms with Gasteiger partial charge in [0.1, 0.15) is 5.75 Å². The summed E-state index contributed by atoms with van der Waals surface area (Å²) in [5.41, 5.74) is 0.785. The van der Waals surface area contributed by atoms with Gasteiger partial charge in [0.25, 0.3) is 0 Å². The lowest BCUT2D eigenvalue weighted by atomic mass is 10.2. The molecule has 0 spiro atoms. The van der Waals surface area contributed by atoms with Crippen LogP contribution in [0.15, 0.2) is 24.3 Å². The lowest BCUT2D eigenvalue weighted by Crippen LogP contribution is -2.14. The first-order valence-corrected chi connectivity index (χ1v) is 5.84. The molecule has 3 heteroatoms. The molecule has 1 saturated carbocycles. The number of nitrogens with one attached hydrogen (secondary N) is 1. The zero-order valence-electron chi connectivity index (χ0n) is 9.53. The minimum atomic E-state index is 0.118. The molecule has 1 aliphatic carbocycles. The molecule has 0 saturated heterocycles. The van der Waals surface area contributed by atoms with Crippen molar-refractivity contribution in [2.45, 2.75) is 26.2 Å². The minimum absolute atomic E-state index is 0.118. The molecule has 1 aliphatic rings.